The van der Waals surface area contributed by atoms with E-state index < -0.39 is 0 Å². The Balaban J connectivity index is 1.41. The molecule has 7 heteroatoms. The highest BCUT2D eigenvalue weighted by Gasteiger charge is 2.12. The average Bonchev–Trinajstić information content (AvgIpc) is 3.29. The van der Waals surface area contributed by atoms with E-state index in [9.17, 15) is 4.39 Å². The first-order valence-electron chi connectivity index (χ1n) is 8.48. The molecule has 2 aromatic heterocycles. The lowest BCUT2D eigenvalue weighted by Gasteiger charge is -1.98. The molecule has 27 heavy (non-hydrogen) atoms. The maximum absolute atomic E-state index is 13.0. The SMILES string of the molecule is Cc1[nH]c(SCc2noc(-c3ccc(F)cc3)n2)nc1Cc1ccccc1. The minimum atomic E-state index is -0.298. The van der Waals surface area contributed by atoms with Crippen molar-refractivity contribution in [2.45, 2.75) is 24.3 Å². The summed E-state index contributed by atoms with van der Waals surface area (Å²) in [6.45, 7) is 2.02. The number of aromatic amines is 1. The van der Waals surface area contributed by atoms with Gasteiger partial charge in [-0.05, 0) is 36.8 Å². The van der Waals surface area contributed by atoms with E-state index in [0.717, 1.165) is 23.0 Å². The third kappa shape index (κ3) is 4.25. The maximum atomic E-state index is 13.0. The van der Waals surface area contributed by atoms with Gasteiger partial charge in [0.15, 0.2) is 11.0 Å². The van der Waals surface area contributed by atoms with E-state index in [1.54, 1.807) is 12.1 Å². The maximum Gasteiger partial charge on any atom is 0.257 e. The number of thioether (sulfide) groups is 1. The van der Waals surface area contributed by atoms with Crippen molar-refractivity contribution in [1.82, 2.24) is 20.1 Å². The summed E-state index contributed by atoms with van der Waals surface area (Å²) < 4.78 is 18.3. The number of hydrogen-bond acceptors (Lipinski definition) is 5. The van der Waals surface area contributed by atoms with Gasteiger partial charge >= 0.3 is 0 Å². The molecule has 0 atom stereocenters. The van der Waals surface area contributed by atoms with E-state index in [-0.39, 0.29) is 5.82 Å². The molecule has 0 bridgehead atoms. The molecule has 0 aliphatic rings. The molecule has 5 nitrogen and oxygen atoms in total. The summed E-state index contributed by atoms with van der Waals surface area (Å²) in [6.07, 6.45) is 0.792. The van der Waals surface area contributed by atoms with Gasteiger partial charge in [0.1, 0.15) is 5.82 Å². The van der Waals surface area contributed by atoms with Crippen LogP contribution in [-0.2, 0) is 12.2 Å². The van der Waals surface area contributed by atoms with E-state index in [2.05, 4.69) is 32.2 Å². The van der Waals surface area contributed by atoms with E-state index >= 15 is 0 Å². The van der Waals surface area contributed by atoms with Gasteiger partial charge in [0.2, 0.25) is 0 Å². The molecule has 4 aromatic rings. The molecule has 1 N–H and O–H groups in total. The molecule has 4 rings (SSSR count). The number of hydrogen-bond donors (Lipinski definition) is 1. The molecule has 0 saturated heterocycles. The summed E-state index contributed by atoms with van der Waals surface area (Å²) in [6, 6.07) is 16.2. The van der Waals surface area contributed by atoms with E-state index in [1.165, 1.54) is 29.5 Å². The Kier molecular flexibility index (Phi) is 5.02. The molecule has 2 heterocycles. The first kappa shape index (κ1) is 17.5. The molecule has 0 fully saturated rings. The molecule has 136 valence electrons. The molecule has 0 saturated carbocycles. The Bertz CT molecular complexity index is 1030. The van der Waals surface area contributed by atoms with Gasteiger partial charge in [0.25, 0.3) is 5.89 Å². The van der Waals surface area contributed by atoms with Crippen molar-refractivity contribution in [1.29, 1.82) is 0 Å². The van der Waals surface area contributed by atoms with Crippen LogP contribution in [0.5, 0.6) is 0 Å². The average molecular weight is 380 g/mol. The Morgan fingerprint density at radius 3 is 2.59 bits per heavy atom. The number of aromatic nitrogens is 4. The van der Waals surface area contributed by atoms with Crippen LogP contribution in [0.2, 0.25) is 0 Å². The second-order valence-corrected chi connectivity index (χ2v) is 7.05. The Hall–Kier alpha value is -2.93. The van der Waals surface area contributed by atoms with Gasteiger partial charge in [-0.1, -0.05) is 47.3 Å². The minimum Gasteiger partial charge on any atom is -0.337 e. The van der Waals surface area contributed by atoms with Gasteiger partial charge in [-0.3, -0.25) is 0 Å². The van der Waals surface area contributed by atoms with Gasteiger partial charge < -0.3 is 9.51 Å². The monoisotopic (exact) mass is 380 g/mol. The standard InChI is InChI=1S/C20H17FN4OS/c1-13-17(11-14-5-3-2-4-6-14)23-20(22-13)27-12-18-24-19(26-25-18)15-7-9-16(21)10-8-15/h2-10H,11-12H2,1H3,(H,22,23). The first-order valence-corrected chi connectivity index (χ1v) is 9.46. The largest absolute Gasteiger partial charge is 0.337 e. The lowest BCUT2D eigenvalue weighted by Crippen LogP contribution is -1.90. The van der Waals surface area contributed by atoms with Crippen molar-refractivity contribution in [3.05, 3.63) is 83.2 Å². The fraction of sp³-hybridized carbons (Fsp3) is 0.150. The van der Waals surface area contributed by atoms with Crippen molar-refractivity contribution in [2.75, 3.05) is 0 Å². The van der Waals surface area contributed by atoms with Crippen LogP contribution in [-0.4, -0.2) is 20.1 Å². The Morgan fingerprint density at radius 2 is 1.81 bits per heavy atom. The van der Waals surface area contributed by atoms with Crippen LogP contribution < -0.4 is 0 Å². The highest BCUT2D eigenvalue weighted by molar-refractivity contribution is 7.98. The van der Waals surface area contributed by atoms with Crippen LogP contribution in [0.15, 0.2) is 64.3 Å². The lowest BCUT2D eigenvalue weighted by molar-refractivity contribution is 0.425. The summed E-state index contributed by atoms with van der Waals surface area (Å²) in [7, 11) is 0. The molecular weight excluding hydrogens is 363 g/mol. The molecule has 0 radical (unpaired) electrons. The topological polar surface area (TPSA) is 67.6 Å². The number of halogens is 1. The molecule has 0 aliphatic carbocycles. The lowest BCUT2D eigenvalue weighted by atomic mass is 10.1. The summed E-state index contributed by atoms with van der Waals surface area (Å²) in [5.74, 6) is 1.18. The van der Waals surface area contributed by atoms with Crippen molar-refractivity contribution in [3.8, 4) is 11.5 Å². The zero-order valence-corrected chi connectivity index (χ0v) is 15.5. The van der Waals surface area contributed by atoms with E-state index in [4.69, 9.17) is 4.52 Å². The predicted molar refractivity (Wildman–Crippen MR) is 102 cm³/mol. The number of nitrogens with zero attached hydrogens (tertiary/aromatic N) is 3. The zero-order chi connectivity index (χ0) is 18.6. The third-order valence-electron chi connectivity index (χ3n) is 4.08. The second-order valence-electron chi connectivity index (χ2n) is 6.09. The van der Waals surface area contributed by atoms with Crippen LogP contribution >= 0.6 is 11.8 Å². The fourth-order valence-electron chi connectivity index (χ4n) is 2.65. The van der Waals surface area contributed by atoms with Crippen molar-refractivity contribution >= 4 is 11.8 Å². The molecule has 0 aliphatic heterocycles. The van der Waals surface area contributed by atoms with Crippen LogP contribution in [0.1, 0.15) is 22.8 Å². The number of H-pyrrole nitrogens is 1. The minimum absolute atomic E-state index is 0.298. The highest BCUT2D eigenvalue weighted by atomic mass is 32.2. The van der Waals surface area contributed by atoms with Gasteiger partial charge in [0.05, 0.1) is 11.4 Å². The van der Waals surface area contributed by atoms with Crippen molar-refractivity contribution in [3.63, 3.8) is 0 Å². The molecule has 0 unspecified atom stereocenters. The fourth-order valence-corrected chi connectivity index (χ4v) is 3.43. The number of aryl methyl sites for hydroxylation is 1. The third-order valence-corrected chi connectivity index (χ3v) is 4.94. The van der Waals surface area contributed by atoms with Crippen LogP contribution in [0.25, 0.3) is 11.5 Å². The highest BCUT2D eigenvalue weighted by Crippen LogP contribution is 2.23. The van der Waals surface area contributed by atoms with E-state index in [1.807, 2.05) is 25.1 Å². The van der Waals surface area contributed by atoms with Gasteiger partial charge in [-0.15, -0.1) is 0 Å². The summed E-state index contributed by atoms with van der Waals surface area (Å²) in [4.78, 5) is 12.3. The normalized spacial score (nSPS) is 11.0. The quantitative estimate of drug-likeness (QED) is 0.487. The molecule has 0 amide bonds. The summed E-state index contributed by atoms with van der Waals surface area (Å²) in [5, 5.41) is 4.81. The van der Waals surface area contributed by atoms with Crippen LogP contribution in [0.3, 0.4) is 0 Å². The summed E-state index contributed by atoms with van der Waals surface area (Å²) in [5.41, 5.74) is 4.01. The number of imidazole rings is 1. The number of rotatable bonds is 6. The predicted octanol–water partition coefficient (Wildman–Crippen LogP) is 4.79. The van der Waals surface area contributed by atoms with Crippen molar-refractivity contribution < 1.29 is 8.91 Å². The van der Waals surface area contributed by atoms with Crippen LogP contribution in [0.4, 0.5) is 4.39 Å². The molecular formula is C20H17FN4OS. The Morgan fingerprint density at radius 1 is 1.04 bits per heavy atom. The van der Waals surface area contributed by atoms with Gasteiger partial charge in [-0.25, -0.2) is 9.37 Å². The number of benzene rings is 2. The zero-order valence-electron chi connectivity index (χ0n) is 14.6. The van der Waals surface area contributed by atoms with Gasteiger partial charge in [0, 0.05) is 17.7 Å². The molecule has 0 spiro atoms. The van der Waals surface area contributed by atoms with Gasteiger partial charge in [-0.2, -0.15) is 4.98 Å². The summed E-state index contributed by atoms with van der Waals surface area (Å²) >= 11 is 1.52. The smallest absolute Gasteiger partial charge is 0.257 e. The number of nitrogens with one attached hydrogen (secondary N) is 1. The second kappa shape index (κ2) is 7.75. The van der Waals surface area contributed by atoms with Crippen molar-refractivity contribution in [2.24, 2.45) is 0 Å². The first-order chi connectivity index (χ1) is 13.2. The van der Waals surface area contributed by atoms with Crippen LogP contribution in [0, 0.1) is 12.7 Å². The molecule has 2 aromatic carbocycles. The Labute approximate surface area is 160 Å². The van der Waals surface area contributed by atoms with E-state index in [0.29, 0.717) is 23.0 Å².